The van der Waals surface area contributed by atoms with E-state index in [1.165, 1.54) is 0 Å². The van der Waals surface area contributed by atoms with Crippen molar-refractivity contribution in [2.24, 2.45) is 0 Å². The highest BCUT2D eigenvalue weighted by Gasteiger charge is 2.17. The number of pyridine rings is 1. The summed E-state index contributed by atoms with van der Waals surface area (Å²) >= 11 is 0. The largest absolute Gasteiger partial charge is 0.480 e. The molecular formula is C17H16N4O3. The predicted octanol–water partition coefficient (Wildman–Crippen LogP) is 1.48. The molecule has 24 heavy (non-hydrogen) atoms. The van der Waals surface area contributed by atoms with Crippen LogP contribution in [0.2, 0.25) is 0 Å². The van der Waals surface area contributed by atoms with E-state index in [-0.39, 0.29) is 6.54 Å². The number of anilines is 1. The molecule has 0 aliphatic rings. The summed E-state index contributed by atoms with van der Waals surface area (Å²) in [7, 11) is 0. The second kappa shape index (κ2) is 8.29. The first-order valence-electron chi connectivity index (χ1n) is 7.24. The maximum absolute atomic E-state index is 12.0. The van der Waals surface area contributed by atoms with E-state index >= 15 is 0 Å². The molecule has 7 heteroatoms. The zero-order valence-corrected chi connectivity index (χ0v) is 13.0. The number of amides is 2. The molecule has 2 rings (SSSR count). The van der Waals surface area contributed by atoms with Crippen LogP contribution < -0.4 is 15.4 Å². The molecule has 0 saturated heterocycles. The van der Waals surface area contributed by atoms with Crippen LogP contribution in [0.15, 0.2) is 48.7 Å². The number of benzene rings is 1. The predicted molar refractivity (Wildman–Crippen MR) is 87.1 cm³/mol. The lowest BCUT2D eigenvalue weighted by Gasteiger charge is -2.15. The van der Waals surface area contributed by atoms with Crippen LogP contribution in [0.3, 0.4) is 0 Å². The lowest BCUT2D eigenvalue weighted by atomic mass is 10.2. The Kier molecular flexibility index (Phi) is 5.86. The third-order valence-corrected chi connectivity index (χ3v) is 3.04. The van der Waals surface area contributed by atoms with E-state index in [0.717, 1.165) is 0 Å². The lowest BCUT2D eigenvalue weighted by Crippen LogP contribution is -2.40. The quantitative estimate of drug-likeness (QED) is 0.837. The van der Waals surface area contributed by atoms with E-state index in [2.05, 4.69) is 15.6 Å². The van der Waals surface area contributed by atoms with Gasteiger partial charge in [0.2, 0.25) is 5.91 Å². The molecule has 0 aliphatic heterocycles. The summed E-state index contributed by atoms with van der Waals surface area (Å²) in [4.78, 5) is 27.7. The number of nitrogens with one attached hydrogen (secondary N) is 2. The summed E-state index contributed by atoms with van der Waals surface area (Å²) in [6.07, 6.45) is 0.707. The van der Waals surface area contributed by atoms with Crippen molar-refractivity contribution >= 4 is 17.6 Å². The smallest absolute Gasteiger partial charge is 0.261 e. The van der Waals surface area contributed by atoms with E-state index in [9.17, 15) is 9.59 Å². The number of carbonyl (C=O) groups excluding carboxylic acids is 2. The van der Waals surface area contributed by atoms with Crippen molar-refractivity contribution in [3.05, 3.63) is 54.2 Å². The van der Waals surface area contributed by atoms with Gasteiger partial charge >= 0.3 is 0 Å². The summed E-state index contributed by atoms with van der Waals surface area (Å²) in [5.74, 6) is -0.129. The van der Waals surface area contributed by atoms with Gasteiger partial charge in [-0.15, -0.1) is 0 Å². The molecule has 122 valence electrons. The van der Waals surface area contributed by atoms with E-state index < -0.39 is 17.9 Å². The van der Waals surface area contributed by atoms with Gasteiger partial charge in [0.15, 0.2) is 6.10 Å². The molecule has 0 saturated carbocycles. The van der Waals surface area contributed by atoms with Crippen molar-refractivity contribution in [1.82, 2.24) is 10.3 Å². The molecule has 2 amide bonds. The molecule has 1 aromatic heterocycles. The van der Waals surface area contributed by atoms with Crippen LogP contribution in [0.5, 0.6) is 5.75 Å². The fraction of sp³-hybridized carbons (Fsp3) is 0.176. The molecular weight excluding hydrogens is 308 g/mol. The number of hydrogen-bond donors (Lipinski definition) is 2. The lowest BCUT2D eigenvalue weighted by molar-refractivity contribution is -0.129. The van der Waals surface area contributed by atoms with Gasteiger partial charge < -0.3 is 15.4 Å². The van der Waals surface area contributed by atoms with Gasteiger partial charge in [-0.25, -0.2) is 4.98 Å². The molecule has 0 spiro atoms. The number of hydrogen-bond acceptors (Lipinski definition) is 5. The van der Waals surface area contributed by atoms with Crippen LogP contribution in [0, 0.1) is 11.3 Å². The van der Waals surface area contributed by atoms with Gasteiger partial charge in [-0.05, 0) is 31.2 Å². The SMILES string of the molecule is C[C@H](Oc1ccccc1C#N)C(=O)NCC(=O)Nc1ccccn1. The molecule has 0 aliphatic carbocycles. The molecule has 1 atom stereocenters. The third-order valence-electron chi connectivity index (χ3n) is 3.04. The van der Waals surface area contributed by atoms with Crippen LogP contribution in [-0.2, 0) is 9.59 Å². The summed E-state index contributed by atoms with van der Waals surface area (Å²) in [6, 6.07) is 13.7. The Labute approximate surface area is 139 Å². The van der Waals surface area contributed by atoms with E-state index in [1.807, 2.05) is 6.07 Å². The van der Waals surface area contributed by atoms with Crippen molar-refractivity contribution in [2.45, 2.75) is 13.0 Å². The Morgan fingerprint density at radius 2 is 2.00 bits per heavy atom. The number of rotatable bonds is 6. The molecule has 0 fully saturated rings. The van der Waals surface area contributed by atoms with Crippen molar-refractivity contribution in [2.75, 3.05) is 11.9 Å². The Hall–Kier alpha value is -3.40. The number of ether oxygens (including phenoxy) is 1. The van der Waals surface area contributed by atoms with Crippen molar-refractivity contribution in [3.63, 3.8) is 0 Å². The van der Waals surface area contributed by atoms with Gasteiger partial charge in [0.05, 0.1) is 12.1 Å². The minimum absolute atomic E-state index is 0.205. The van der Waals surface area contributed by atoms with Crippen LogP contribution in [-0.4, -0.2) is 29.4 Å². The second-order valence-corrected chi connectivity index (χ2v) is 4.85. The van der Waals surface area contributed by atoms with Gasteiger partial charge in [-0.3, -0.25) is 9.59 Å². The Morgan fingerprint density at radius 3 is 2.71 bits per heavy atom. The zero-order valence-electron chi connectivity index (χ0n) is 13.0. The topological polar surface area (TPSA) is 104 Å². The summed E-state index contributed by atoms with van der Waals surface area (Å²) in [5.41, 5.74) is 0.338. The van der Waals surface area contributed by atoms with Gasteiger partial charge in [0.1, 0.15) is 17.6 Å². The summed E-state index contributed by atoms with van der Waals surface area (Å²) in [5, 5.41) is 14.0. The van der Waals surface area contributed by atoms with E-state index in [1.54, 1.807) is 55.6 Å². The first kappa shape index (κ1) is 17.0. The Morgan fingerprint density at radius 1 is 1.25 bits per heavy atom. The standard InChI is InChI=1S/C17H16N4O3/c1-12(24-14-7-3-2-6-13(14)10-18)17(23)20-11-16(22)21-15-8-4-5-9-19-15/h2-9,12H,11H2,1H3,(H,20,23)(H,19,21,22)/t12-/m0/s1. The number of nitrogens with zero attached hydrogens (tertiary/aromatic N) is 2. The van der Waals surface area contributed by atoms with Crippen molar-refractivity contribution < 1.29 is 14.3 Å². The van der Waals surface area contributed by atoms with Gasteiger partial charge in [-0.1, -0.05) is 18.2 Å². The molecule has 1 heterocycles. The maximum atomic E-state index is 12.0. The highest BCUT2D eigenvalue weighted by Crippen LogP contribution is 2.18. The Balaban J connectivity index is 1.83. The summed E-state index contributed by atoms with van der Waals surface area (Å²) in [6.45, 7) is 1.34. The summed E-state index contributed by atoms with van der Waals surface area (Å²) < 4.78 is 5.47. The Bertz CT molecular complexity index is 756. The molecule has 0 unspecified atom stereocenters. The van der Waals surface area contributed by atoms with Crippen molar-refractivity contribution in [3.8, 4) is 11.8 Å². The van der Waals surface area contributed by atoms with E-state index in [4.69, 9.17) is 10.00 Å². The minimum Gasteiger partial charge on any atom is -0.480 e. The fourth-order valence-electron chi connectivity index (χ4n) is 1.84. The molecule has 0 radical (unpaired) electrons. The van der Waals surface area contributed by atoms with Gasteiger partial charge in [0, 0.05) is 6.20 Å². The van der Waals surface area contributed by atoms with Gasteiger partial charge in [-0.2, -0.15) is 5.26 Å². The average molecular weight is 324 g/mol. The fourth-order valence-corrected chi connectivity index (χ4v) is 1.84. The third kappa shape index (κ3) is 4.81. The van der Waals surface area contributed by atoms with Crippen LogP contribution >= 0.6 is 0 Å². The molecule has 7 nitrogen and oxygen atoms in total. The molecule has 0 bridgehead atoms. The molecule has 1 aromatic carbocycles. The van der Waals surface area contributed by atoms with Crippen LogP contribution in [0.1, 0.15) is 12.5 Å². The van der Waals surface area contributed by atoms with Gasteiger partial charge in [0.25, 0.3) is 5.91 Å². The second-order valence-electron chi connectivity index (χ2n) is 4.85. The number of carbonyl (C=O) groups is 2. The highest BCUT2D eigenvalue weighted by molar-refractivity contribution is 5.94. The highest BCUT2D eigenvalue weighted by atomic mass is 16.5. The zero-order chi connectivity index (χ0) is 17.4. The first-order valence-corrected chi connectivity index (χ1v) is 7.24. The first-order chi connectivity index (χ1) is 11.6. The average Bonchev–Trinajstić information content (AvgIpc) is 2.61. The number of aromatic nitrogens is 1. The molecule has 2 aromatic rings. The van der Waals surface area contributed by atoms with Crippen LogP contribution in [0.4, 0.5) is 5.82 Å². The van der Waals surface area contributed by atoms with Crippen LogP contribution in [0.25, 0.3) is 0 Å². The maximum Gasteiger partial charge on any atom is 0.261 e. The minimum atomic E-state index is -0.845. The monoisotopic (exact) mass is 324 g/mol. The number of nitriles is 1. The normalized spacial score (nSPS) is 11.0. The number of para-hydroxylation sites is 1. The van der Waals surface area contributed by atoms with Crippen molar-refractivity contribution in [1.29, 1.82) is 5.26 Å². The molecule has 2 N–H and O–H groups in total. The van der Waals surface area contributed by atoms with E-state index in [0.29, 0.717) is 17.1 Å².